The number of nitrogens with zero attached hydrogens (tertiary/aromatic N) is 2. The fourth-order valence-corrected chi connectivity index (χ4v) is 1.52. The van der Waals surface area contributed by atoms with Crippen LogP contribution in [0.4, 0.5) is 4.79 Å². The number of hydrogen-bond acceptors (Lipinski definition) is 4. The van der Waals surface area contributed by atoms with Gasteiger partial charge >= 0.3 is 12.0 Å². The molecule has 0 bridgehead atoms. The zero-order valence-corrected chi connectivity index (χ0v) is 10.7. The van der Waals surface area contributed by atoms with E-state index in [0.29, 0.717) is 13.0 Å². The van der Waals surface area contributed by atoms with Crippen molar-refractivity contribution in [3.05, 3.63) is 18.2 Å². The van der Waals surface area contributed by atoms with Crippen molar-refractivity contribution in [2.45, 2.75) is 18.9 Å². The molecule has 19 heavy (non-hydrogen) atoms. The lowest BCUT2D eigenvalue weighted by Crippen LogP contribution is -2.46. The average molecular weight is 270 g/mol. The number of imidazole rings is 1. The minimum Gasteiger partial charge on any atom is -0.480 e. The predicted molar refractivity (Wildman–Crippen MR) is 66.6 cm³/mol. The highest BCUT2D eigenvalue weighted by Gasteiger charge is 2.18. The Kier molecular flexibility index (Phi) is 5.80. The molecule has 0 saturated carbocycles. The van der Waals surface area contributed by atoms with Gasteiger partial charge in [0, 0.05) is 45.4 Å². The molecule has 0 aliphatic heterocycles. The maximum Gasteiger partial charge on any atom is 0.326 e. The molecule has 1 rings (SSSR count). The Labute approximate surface area is 110 Å². The molecule has 4 N–H and O–H groups in total. The second kappa shape index (κ2) is 7.37. The number of urea groups is 1. The summed E-state index contributed by atoms with van der Waals surface area (Å²) in [6.07, 6.45) is 3.99. The van der Waals surface area contributed by atoms with Gasteiger partial charge in [0.1, 0.15) is 11.9 Å². The van der Waals surface area contributed by atoms with Gasteiger partial charge in [-0.05, 0) is 0 Å². The lowest BCUT2D eigenvalue weighted by atomic mass is 10.2. The van der Waals surface area contributed by atoms with E-state index in [2.05, 4.69) is 15.6 Å². The van der Waals surface area contributed by atoms with Gasteiger partial charge in [-0.2, -0.15) is 0 Å². The highest BCUT2D eigenvalue weighted by molar-refractivity contribution is 5.82. The van der Waals surface area contributed by atoms with Crippen LogP contribution in [-0.4, -0.2) is 51.0 Å². The average Bonchev–Trinajstić information content (AvgIpc) is 2.74. The Balaban J connectivity index is 2.31. The lowest BCUT2D eigenvalue weighted by Gasteiger charge is -2.13. The summed E-state index contributed by atoms with van der Waals surface area (Å²) in [7, 11) is 1.85. The van der Waals surface area contributed by atoms with Crippen molar-refractivity contribution in [1.82, 2.24) is 20.2 Å². The van der Waals surface area contributed by atoms with Gasteiger partial charge in [-0.1, -0.05) is 0 Å². The molecule has 0 saturated heterocycles. The number of aliphatic hydroxyl groups is 1. The van der Waals surface area contributed by atoms with Crippen molar-refractivity contribution in [3.63, 3.8) is 0 Å². The highest BCUT2D eigenvalue weighted by atomic mass is 16.4. The summed E-state index contributed by atoms with van der Waals surface area (Å²) in [5, 5.41) is 22.3. The van der Waals surface area contributed by atoms with Crippen LogP contribution in [0.15, 0.2) is 12.4 Å². The minimum absolute atomic E-state index is 0.0257. The first kappa shape index (κ1) is 15.0. The summed E-state index contributed by atoms with van der Waals surface area (Å²) >= 11 is 0. The number of aliphatic hydroxyl groups excluding tert-OH is 1. The summed E-state index contributed by atoms with van der Waals surface area (Å²) < 4.78 is 1.84. The Morgan fingerprint density at radius 1 is 1.53 bits per heavy atom. The van der Waals surface area contributed by atoms with Gasteiger partial charge in [-0.25, -0.2) is 14.6 Å². The van der Waals surface area contributed by atoms with E-state index in [-0.39, 0.29) is 13.0 Å². The van der Waals surface area contributed by atoms with Crippen LogP contribution < -0.4 is 10.6 Å². The highest BCUT2D eigenvalue weighted by Crippen LogP contribution is 1.94. The Morgan fingerprint density at radius 2 is 2.26 bits per heavy atom. The Morgan fingerprint density at radius 3 is 2.79 bits per heavy atom. The molecular formula is C11H18N4O4. The Bertz CT molecular complexity index is 432. The van der Waals surface area contributed by atoms with Crippen LogP contribution in [0.1, 0.15) is 12.2 Å². The number of aryl methyl sites for hydroxylation is 1. The zero-order valence-electron chi connectivity index (χ0n) is 10.7. The normalized spacial score (nSPS) is 11.9. The summed E-state index contributed by atoms with van der Waals surface area (Å²) in [5.74, 6) is -0.348. The Hall–Kier alpha value is -2.09. The topological polar surface area (TPSA) is 116 Å². The van der Waals surface area contributed by atoms with Gasteiger partial charge in [0.05, 0.1) is 0 Å². The van der Waals surface area contributed by atoms with E-state index in [1.807, 2.05) is 11.6 Å². The van der Waals surface area contributed by atoms with Crippen LogP contribution in [0.25, 0.3) is 0 Å². The van der Waals surface area contributed by atoms with E-state index in [4.69, 9.17) is 10.2 Å². The fraction of sp³-hybridized carbons (Fsp3) is 0.545. The molecule has 1 heterocycles. The molecule has 8 heteroatoms. The SMILES string of the molecule is Cn1ccnc1CCNC(=O)N[C@@H](CCO)C(=O)O. The number of carboxylic acids is 1. The van der Waals surface area contributed by atoms with E-state index in [9.17, 15) is 9.59 Å². The first-order valence-electron chi connectivity index (χ1n) is 5.88. The number of aromatic nitrogens is 2. The second-order valence-corrected chi connectivity index (χ2v) is 4.01. The molecule has 1 aromatic rings. The van der Waals surface area contributed by atoms with E-state index in [1.54, 1.807) is 12.4 Å². The largest absolute Gasteiger partial charge is 0.480 e. The summed E-state index contributed by atoms with van der Waals surface area (Å²) in [5.41, 5.74) is 0. The second-order valence-electron chi connectivity index (χ2n) is 4.01. The molecule has 0 aliphatic rings. The molecule has 0 radical (unpaired) electrons. The molecule has 2 amide bonds. The van der Waals surface area contributed by atoms with Crippen LogP contribution in [-0.2, 0) is 18.3 Å². The number of aliphatic carboxylic acids is 1. The number of hydrogen-bond donors (Lipinski definition) is 4. The van der Waals surface area contributed by atoms with E-state index in [0.717, 1.165) is 5.82 Å². The molecule has 0 aromatic carbocycles. The number of carbonyl (C=O) groups excluding carboxylic acids is 1. The third kappa shape index (κ3) is 4.96. The van der Waals surface area contributed by atoms with Gasteiger partial charge < -0.3 is 25.4 Å². The van der Waals surface area contributed by atoms with Crippen molar-refractivity contribution >= 4 is 12.0 Å². The van der Waals surface area contributed by atoms with Gasteiger partial charge in [0.2, 0.25) is 0 Å². The van der Waals surface area contributed by atoms with Crippen LogP contribution in [0.2, 0.25) is 0 Å². The molecule has 0 unspecified atom stereocenters. The van der Waals surface area contributed by atoms with Gasteiger partial charge in [-0.15, -0.1) is 0 Å². The third-order valence-electron chi connectivity index (χ3n) is 2.58. The number of nitrogens with one attached hydrogen (secondary N) is 2. The summed E-state index contributed by atoms with van der Waals surface area (Å²) in [4.78, 5) is 26.3. The smallest absolute Gasteiger partial charge is 0.326 e. The maximum absolute atomic E-state index is 11.5. The van der Waals surface area contributed by atoms with Crippen molar-refractivity contribution < 1.29 is 19.8 Å². The van der Waals surface area contributed by atoms with Crippen LogP contribution >= 0.6 is 0 Å². The standard InChI is InChI=1S/C11H18N4O4/c1-15-6-5-12-9(15)2-4-13-11(19)14-8(3-7-16)10(17)18/h5-6,8,16H,2-4,7H2,1H3,(H,17,18)(H2,13,14,19)/t8-/m0/s1. The van der Waals surface area contributed by atoms with Crippen LogP contribution in [0.3, 0.4) is 0 Å². The van der Waals surface area contributed by atoms with E-state index >= 15 is 0 Å². The minimum atomic E-state index is -1.17. The fourth-order valence-electron chi connectivity index (χ4n) is 1.52. The first-order valence-corrected chi connectivity index (χ1v) is 5.88. The van der Waals surface area contributed by atoms with Gasteiger partial charge in [-0.3, -0.25) is 0 Å². The molecule has 1 aromatic heterocycles. The molecule has 8 nitrogen and oxygen atoms in total. The van der Waals surface area contributed by atoms with Gasteiger partial charge in [0.15, 0.2) is 0 Å². The number of rotatable bonds is 7. The maximum atomic E-state index is 11.5. The lowest BCUT2D eigenvalue weighted by molar-refractivity contribution is -0.139. The van der Waals surface area contributed by atoms with E-state index in [1.165, 1.54) is 0 Å². The number of carboxylic acid groups (broad SMARTS) is 1. The van der Waals surface area contributed by atoms with Crippen molar-refractivity contribution in [2.75, 3.05) is 13.2 Å². The van der Waals surface area contributed by atoms with Crippen LogP contribution in [0, 0.1) is 0 Å². The number of carbonyl (C=O) groups is 2. The van der Waals surface area contributed by atoms with Gasteiger partial charge in [0.25, 0.3) is 0 Å². The van der Waals surface area contributed by atoms with Crippen molar-refractivity contribution in [3.8, 4) is 0 Å². The molecule has 0 spiro atoms. The first-order chi connectivity index (χ1) is 9.04. The molecule has 0 aliphatic carbocycles. The molecule has 106 valence electrons. The predicted octanol–water partition coefficient (Wildman–Crippen LogP) is -0.903. The third-order valence-corrected chi connectivity index (χ3v) is 2.58. The summed E-state index contributed by atoms with van der Waals surface area (Å²) in [6.45, 7) is 0.0483. The quantitative estimate of drug-likeness (QED) is 0.512. The van der Waals surface area contributed by atoms with Crippen molar-refractivity contribution in [2.24, 2.45) is 7.05 Å². The molecular weight excluding hydrogens is 252 g/mol. The number of amides is 2. The molecule has 1 atom stereocenters. The summed E-state index contributed by atoms with van der Waals surface area (Å²) in [6, 6.07) is -1.66. The monoisotopic (exact) mass is 270 g/mol. The van der Waals surface area contributed by atoms with Crippen LogP contribution in [0.5, 0.6) is 0 Å². The zero-order chi connectivity index (χ0) is 14.3. The molecule has 0 fully saturated rings. The van der Waals surface area contributed by atoms with E-state index < -0.39 is 18.0 Å². The van der Waals surface area contributed by atoms with Crippen molar-refractivity contribution in [1.29, 1.82) is 0 Å².